The number of benzene rings is 4. The molecule has 0 bridgehead atoms. The fourth-order valence-corrected chi connectivity index (χ4v) is 8.22. The first-order valence-electron chi connectivity index (χ1n) is 20.9. The van der Waals surface area contributed by atoms with Crippen molar-refractivity contribution >= 4 is 77.9 Å². The highest BCUT2D eigenvalue weighted by molar-refractivity contribution is 14.1. The van der Waals surface area contributed by atoms with Gasteiger partial charge in [-0.05, 0) is 65.9 Å². The number of hydrogen-bond donors (Lipinski definition) is 0. The molecule has 0 aliphatic carbocycles. The number of ketones is 2. The van der Waals surface area contributed by atoms with Crippen LogP contribution in [0.3, 0.4) is 0 Å². The molecule has 0 saturated carbocycles. The highest BCUT2D eigenvalue weighted by Gasteiger charge is 2.43. The van der Waals surface area contributed by atoms with Crippen molar-refractivity contribution in [2.24, 2.45) is 0 Å². The number of carbonyl (C=O) groups is 2. The first-order valence-corrected chi connectivity index (χ1v) is 23.0. The number of ether oxygens (including phenoxy) is 6. The van der Waals surface area contributed by atoms with Crippen LogP contribution in [-0.2, 0) is 25.2 Å². The van der Waals surface area contributed by atoms with Crippen molar-refractivity contribution < 1.29 is 92.8 Å². The summed E-state index contributed by atoms with van der Waals surface area (Å²) in [7, 11) is 28.8. The van der Waals surface area contributed by atoms with Crippen molar-refractivity contribution in [3.05, 3.63) is 105 Å². The van der Waals surface area contributed by atoms with Gasteiger partial charge >= 0.3 is 12.4 Å². The van der Waals surface area contributed by atoms with Crippen LogP contribution in [-0.4, -0.2) is 132 Å². The van der Waals surface area contributed by atoms with Gasteiger partial charge in [0, 0.05) is 85.8 Å². The monoisotopic (exact) mass is 1160 g/mol. The van der Waals surface area contributed by atoms with Crippen LogP contribution in [0.2, 0.25) is 0 Å². The van der Waals surface area contributed by atoms with E-state index in [2.05, 4.69) is 22.6 Å². The number of likely N-dealkylation sites (N-methyl/N-ethyl adjacent to an activating group) is 2. The number of Topliss-reactive ketones (excluding diaryl/α,β-unsaturated/α-hetero) is 2. The Kier molecular flexibility index (Phi) is 20.1. The maximum absolute atomic E-state index is 13.1. The van der Waals surface area contributed by atoms with Crippen molar-refractivity contribution in [3.8, 4) is 34.5 Å². The van der Waals surface area contributed by atoms with Gasteiger partial charge in [-0.3, -0.25) is 14.5 Å². The molecule has 0 saturated heterocycles. The van der Waals surface area contributed by atoms with Gasteiger partial charge in [0.2, 0.25) is 25.1 Å². The number of halogens is 8. The molecule has 354 valence electrons. The Hall–Kier alpha value is -3.63. The zero-order valence-electron chi connectivity index (χ0n) is 38.2. The van der Waals surface area contributed by atoms with E-state index >= 15 is 0 Å². The van der Waals surface area contributed by atoms with Crippen molar-refractivity contribution in [2.75, 3.05) is 67.0 Å². The molecule has 2 atom stereocenters. The SMILES string of the molecule is CI.COc1c2c(cc3c1C(CC(=O)c1cccc(C(F)(F)F)c1)N(C)CC3)OCO2.COc1c2c(cc3c1C(CC(=O)c1cccc(C(F)(F)F)c1)[N+](C)(C)CC3)OCO2.[B]B([B])B([B])[B].[I-]. The average molecular weight is 1160 g/mol. The molecule has 4 aromatic carbocycles. The van der Waals surface area contributed by atoms with E-state index < -0.39 is 36.2 Å². The molecule has 0 aromatic heterocycles. The molecule has 0 spiro atoms. The minimum atomic E-state index is -4.50. The molecule has 0 amide bonds. The van der Waals surface area contributed by atoms with Crippen molar-refractivity contribution in [2.45, 2.75) is 50.1 Å². The topological polar surface area (TPSA) is 92.8 Å². The zero-order chi connectivity index (χ0) is 49.6. The van der Waals surface area contributed by atoms with Gasteiger partial charge in [0.25, 0.3) is 0 Å². The van der Waals surface area contributed by atoms with E-state index in [0.29, 0.717) is 45.5 Å². The van der Waals surface area contributed by atoms with E-state index in [-0.39, 0.29) is 85.2 Å². The third kappa shape index (κ3) is 13.2. The summed E-state index contributed by atoms with van der Waals surface area (Å²) in [5.41, 5.74) is 2.12. The number of fused-ring (bicyclic) bond motifs is 4. The summed E-state index contributed by atoms with van der Waals surface area (Å²) in [4.78, 5) is 29.9. The average Bonchev–Trinajstić information content (AvgIpc) is 3.97. The third-order valence-corrected chi connectivity index (χ3v) is 11.9. The zero-order valence-corrected chi connectivity index (χ0v) is 42.5. The molecule has 0 fully saturated rings. The van der Waals surface area contributed by atoms with Crippen LogP contribution in [0.1, 0.15) is 79.0 Å². The second kappa shape index (κ2) is 24.0. The Bertz CT molecular complexity index is 2410. The van der Waals surface area contributed by atoms with Crippen LogP contribution in [0.15, 0.2) is 60.7 Å². The molecule has 2 unspecified atom stereocenters. The highest BCUT2D eigenvalue weighted by atomic mass is 127. The van der Waals surface area contributed by atoms with E-state index in [1.54, 1.807) is 0 Å². The van der Waals surface area contributed by atoms with Crippen LogP contribution < -0.4 is 52.4 Å². The summed E-state index contributed by atoms with van der Waals surface area (Å²) in [5.74, 6) is 2.57. The van der Waals surface area contributed by atoms with Crippen molar-refractivity contribution in [1.82, 2.24) is 4.90 Å². The molecule has 24 heteroatoms. The molecule has 8 radical (unpaired) electrons. The highest BCUT2D eigenvalue weighted by Crippen LogP contribution is 2.52. The molecule has 4 aromatic rings. The smallest absolute Gasteiger partial charge is 0.416 e. The molecular formula is C44H46B6F6I2N2O8. The van der Waals surface area contributed by atoms with Gasteiger partial charge in [-0.1, -0.05) is 46.9 Å². The maximum Gasteiger partial charge on any atom is 0.416 e. The minimum Gasteiger partial charge on any atom is -1.00 e. The van der Waals surface area contributed by atoms with Crippen LogP contribution in [0.4, 0.5) is 26.3 Å². The number of hydrogen-bond acceptors (Lipinski definition) is 9. The summed E-state index contributed by atoms with van der Waals surface area (Å²) in [6.07, 6.45) is -8.58. The summed E-state index contributed by atoms with van der Waals surface area (Å²) < 4.78 is 112. The number of alkyl halides is 7. The van der Waals surface area contributed by atoms with Crippen LogP contribution in [0, 0.1) is 0 Å². The molecule has 4 aliphatic heterocycles. The van der Waals surface area contributed by atoms with E-state index in [0.717, 1.165) is 65.9 Å². The number of quaternary nitrogens is 1. The second-order valence-electron chi connectivity index (χ2n) is 16.5. The van der Waals surface area contributed by atoms with Gasteiger partial charge in [0.05, 0.1) is 58.0 Å². The van der Waals surface area contributed by atoms with Crippen molar-refractivity contribution in [3.63, 3.8) is 0 Å². The third-order valence-electron chi connectivity index (χ3n) is 11.9. The molecule has 0 N–H and O–H groups in total. The molecule has 10 nitrogen and oxygen atoms in total. The fourth-order valence-electron chi connectivity index (χ4n) is 8.22. The molecule has 8 rings (SSSR count). The predicted octanol–water partition coefficient (Wildman–Crippen LogP) is 4.40. The van der Waals surface area contributed by atoms with E-state index in [4.69, 9.17) is 59.4 Å². The summed E-state index contributed by atoms with van der Waals surface area (Å²) in [6, 6.07) is 12.3. The Labute approximate surface area is 429 Å². The lowest BCUT2D eigenvalue weighted by atomic mass is 8.81. The standard InChI is InChI=1S/C22H23F3NO4.C21H20F3NO4.CH3I.B6.HI/c1-26(2)8-7-14-10-18-20(30-12-29-18)21(28-3)19(14)16(26)11-17(27)13-5-4-6-15(9-13)22(23,24)25;1-25-7-6-13-9-17-19(29-11-28-17)20(27-2)18(13)15(25)10-16(26)12-4-3-5-14(8-12)21(22,23)24;1-2;1-5(2)6(3)4;/h4-6,9-10,16H,7-8,11-12H2,1-3H3;3-5,8-9,15H,6-7,10-11H2,1-2H3;1H3;;1H/q+1;;;;/p-1. The predicted molar refractivity (Wildman–Crippen MR) is 256 cm³/mol. The van der Waals surface area contributed by atoms with Gasteiger partial charge in [0.1, 0.15) is 6.04 Å². The number of carbonyl (C=O) groups excluding carboxylic acids is 2. The second-order valence-corrected chi connectivity index (χ2v) is 16.5. The number of nitrogens with zero attached hydrogens (tertiary/aromatic N) is 2. The molecule has 4 heterocycles. The summed E-state index contributed by atoms with van der Waals surface area (Å²) >= 11 is 2.15. The van der Waals surface area contributed by atoms with E-state index in [1.165, 1.54) is 38.5 Å². The van der Waals surface area contributed by atoms with E-state index in [9.17, 15) is 35.9 Å². The van der Waals surface area contributed by atoms with Gasteiger partial charge in [-0.2, -0.15) is 26.3 Å². The van der Waals surface area contributed by atoms with Crippen LogP contribution >= 0.6 is 22.6 Å². The summed E-state index contributed by atoms with van der Waals surface area (Å²) in [6.45, 7) is 1.67. The Morgan fingerprint density at radius 1 is 0.721 bits per heavy atom. The van der Waals surface area contributed by atoms with Gasteiger partial charge in [-0.15, -0.1) is 0 Å². The largest absolute Gasteiger partial charge is 1.00 e. The minimum absolute atomic E-state index is 0. The Morgan fingerprint density at radius 3 is 1.60 bits per heavy atom. The lowest BCUT2D eigenvalue weighted by molar-refractivity contribution is -0.922. The first kappa shape index (κ1) is 57.0. The number of methoxy groups -OCH3 is 2. The van der Waals surface area contributed by atoms with Gasteiger partial charge in [-0.25, -0.2) is 0 Å². The number of rotatable bonds is 9. The summed E-state index contributed by atoms with van der Waals surface area (Å²) in [5, 5.41) is 0. The lowest BCUT2D eigenvalue weighted by Crippen LogP contribution is -3.00. The van der Waals surface area contributed by atoms with Crippen molar-refractivity contribution in [1.29, 1.82) is 0 Å². The van der Waals surface area contributed by atoms with Crippen LogP contribution in [0.5, 0.6) is 34.5 Å². The fraction of sp³-hybridized carbons (Fsp3) is 0.409. The van der Waals surface area contributed by atoms with Crippen LogP contribution in [0.25, 0.3) is 0 Å². The Balaban J connectivity index is 0.000000253. The molecule has 4 aliphatic rings. The maximum atomic E-state index is 13.1. The molecular weight excluding hydrogens is 1120 g/mol. The quantitative estimate of drug-likeness (QED) is 0.0605. The van der Waals surface area contributed by atoms with E-state index in [1.807, 2.05) is 43.1 Å². The normalized spacial score (nSPS) is 17.1. The van der Waals surface area contributed by atoms with Gasteiger partial charge in [0.15, 0.2) is 34.6 Å². The van der Waals surface area contributed by atoms with Gasteiger partial charge < -0.3 is 56.9 Å². The molecule has 68 heavy (non-hydrogen) atoms. The Morgan fingerprint density at radius 2 is 1.16 bits per heavy atom. The lowest BCUT2D eigenvalue weighted by Gasteiger charge is -2.43. The first-order chi connectivity index (χ1) is 31.5.